The zero-order valence-electron chi connectivity index (χ0n) is 19.5. The van der Waals surface area contributed by atoms with Gasteiger partial charge >= 0.3 is 6.09 Å². The Kier molecular flexibility index (Phi) is 9.17. The summed E-state index contributed by atoms with van der Waals surface area (Å²) in [4.78, 5) is 39.9. The lowest BCUT2D eigenvalue weighted by molar-refractivity contribution is -0.141. The topological polar surface area (TPSA) is 87.7 Å². The second kappa shape index (κ2) is 10.7. The first-order chi connectivity index (χ1) is 14.2. The highest BCUT2D eigenvalue weighted by Gasteiger charge is 2.34. The molecule has 7 nitrogen and oxygen atoms in total. The average molecular weight is 450 g/mol. The summed E-state index contributed by atoms with van der Waals surface area (Å²) in [6.45, 7) is 14.6. The van der Waals surface area contributed by atoms with Crippen molar-refractivity contribution < 1.29 is 19.1 Å². The Labute approximate surface area is 191 Å². The van der Waals surface area contributed by atoms with Crippen LogP contribution in [-0.2, 0) is 14.3 Å². The van der Waals surface area contributed by atoms with Crippen molar-refractivity contribution in [2.24, 2.45) is 0 Å². The second-order valence-corrected chi connectivity index (χ2v) is 9.71. The van der Waals surface area contributed by atoms with Gasteiger partial charge in [-0.05, 0) is 58.7 Å². The monoisotopic (exact) mass is 449 g/mol. The molecule has 0 bridgehead atoms. The van der Waals surface area contributed by atoms with Crippen LogP contribution in [0.25, 0.3) is 6.08 Å². The number of ether oxygens (including phenoxy) is 1. The summed E-state index contributed by atoms with van der Waals surface area (Å²) < 4.78 is 5.24. The number of amides is 3. The highest BCUT2D eigenvalue weighted by molar-refractivity contribution is 7.80. The summed E-state index contributed by atoms with van der Waals surface area (Å²) in [5, 5.41) is 5.47. The van der Waals surface area contributed by atoms with Crippen LogP contribution >= 0.6 is 12.6 Å². The minimum atomic E-state index is -0.962. The highest BCUT2D eigenvalue weighted by Crippen LogP contribution is 2.23. The summed E-state index contributed by atoms with van der Waals surface area (Å²) >= 11 is 4.21. The Morgan fingerprint density at radius 2 is 1.81 bits per heavy atom. The Hall–Kier alpha value is -2.48. The van der Waals surface area contributed by atoms with Crippen LogP contribution in [0.3, 0.4) is 0 Å². The number of thiol groups is 1. The van der Waals surface area contributed by atoms with Crippen LogP contribution < -0.4 is 10.6 Å². The van der Waals surface area contributed by atoms with E-state index < -0.39 is 35.2 Å². The quantitative estimate of drug-likeness (QED) is 0.556. The van der Waals surface area contributed by atoms with Crippen molar-refractivity contribution in [2.45, 2.75) is 64.8 Å². The molecule has 0 aliphatic carbocycles. The fraction of sp³-hybridized carbons (Fsp3) is 0.522. The predicted molar refractivity (Wildman–Crippen MR) is 127 cm³/mol. The van der Waals surface area contributed by atoms with Gasteiger partial charge in [0, 0.05) is 18.3 Å². The number of rotatable bonds is 7. The van der Waals surface area contributed by atoms with Gasteiger partial charge in [-0.1, -0.05) is 30.9 Å². The largest absolute Gasteiger partial charge is 0.444 e. The molecule has 2 unspecified atom stereocenters. The van der Waals surface area contributed by atoms with Crippen LogP contribution in [-0.4, -0.2) is 52.8 Å². The predicted octanol–water partition coefficient (Wildman–Crippen LogP) is 3.57. The molecule has 1 aromatic rings. The number of alkyl carbamates (subject to hydrolysis) is 1. The lowest BCUT2D eigenvalue weighted by Crippen LogP contribution is -2.54. The Morgan fingerprint density at radius 1 is 1.19 bits per heavy atom. The molecule has 1 aromatic carbocycles. The van der Waals surface area contributed by atoms with E-state index in [0.29, 0.717) is 5.56 Å². The number of carbonyl (C=O) groups is 3. The van der Waals surface area contributed by atoms with E-state index in [2.05, 4.69) is 29.8 Å². The molecule has 0 saturated carbocycles. The van der Waals surface area contributed by atoms with Crippen molar-refractivity contribution in [2.75, 3.05) is 12.8 Å². The van der Waals surface area contributed by atoms with E-state index in [9.17, 15) is 14.4 Å². The van der Waals surface area contributed by atoms with Gasteiger partial charge in [-0.2, -0.15) is 12.6 Å². The summed E-state index contributed by atoms with van der Waals surface area (Å²) in [6, 6.07) is 5.38. The third-order valence-corrected chi connectivity index (χ3v) is 4.48. The van der Waals surface area contributed by atoms with Crippen molar-refractivity contribution in [1.29, 1.82) is 0 Å². The van der Waals surface area contributed by atoms with Crippen molar-refractivity contribution in [3.05, 3.63) is 42.0 Å². The normalized spacial score (nSPS) is 13.5. The highest BCUT2D eigenvalue weighted by atomic mass is 32.1. The van der Waals surface area contributed by atoms with E-state index in [0.717, 1.165) is 5.56 Å². The van der Waals surface area contributed by atoms with Gasteiger partial charge in [0.25, 0.3) is 0 Å². The average Bonchev–Trinajstić information content (AvgIpc) is 2.62. The van der Waals surface area contributed by atoms with Crippen molar-refractivity contribution >= 4 is 36.6 Å². The molecule has 0 aliphatic rings. The van der Waals surface area contributed by atoms with E-state index in [-0.39, 0.29) is 11.7 Å². The molecule has 0 fully saturated rings. The maximum atomic E-state index is 13.2. The number of nitrogens with zero attached hydrogens (tertiary/aromatic N) is 1. The molecule has 0 heterocycles. The Balaban J connectivity index is 3.23. The fourth-order valence-corrected chi connectivity index (χ4v) is 3.10. The first-order valence-corrected chi connectivity index (χ1v) is 10.7. The molecule has 2 N–H and O–H groups in total. The minimum Gasteiger partial charge on any atom is -0.444 e. The van der Waals surface area contributed by atoms with Crippen LogP contribution in [0.2, 0.25) is 0 Å². The number of nitrogens with one attached hydrogen (secondary N) is 2. The second-order valence-electron chi connectivity index (χ2n) is 9.35. The number of benzene rings is 1. The third-order valence-electron chi connectivity index (χ3n) is 4.12. The van der Waals surface area contributed by atoms with Crippen molar-refractivity contribution in [3.8, 4) is 0 Å². The molecule has 2 atom stereocenters. The van der Waals surface area contributed by atoms with Crippen LogP contribution in [0, 0.1) is 0 Å². The molecular formula is C23H35N3O4S. The van der Waals surface area contributed by atoms with Crippen LogP contribution in [0.4, 0.5) is 4.79 Å². The zero-order valence-corrected chi connectivity index (χ0v) is 20.4. The summed E-state index contributed by atoms with van der Waals surface area (Å²) in [6.07, 6.45) is 0.947. The molecule has 31 heavy (non-hydrogen) atoms. The van der Waals surface area contributed by atoms with Gasteiger partial charge in [0.2, 0.25) is 11.8 Å². The van der Waals surface area contributed by atoms with Gasteiger partial charge in [-0.15, -0.1) is 0 Å². The molecule has 8 heteroatoms. The molecule has 0 aromatic heterocycles. The molecule has 1 rings (SSSR count). The zero-order chi connectivity index (χ0) is 24.0. The number of carbonyl (C=O) groups excluding carboxylic acids is 3. The summed E-state index contributed by atoms with van der Waals surface area (Å²) in [5.41, 5.74) is 0.252. The van der Waals surface area contributed by atoms with E-state index in [1.165, 1.54) is 11.9 Å². The van der Waals surface area contributed by atoms with Gasteiger partial charge in [0.05, 0.1) is 0 Å². The lowest BCUT2D eigenvalue weighted by atomic mass is 9.99. The number of hydrogen-bond acceptors (Lipinski definition) is 5. The number of likely N-dealkylation sites (N-methyl/N-ethyl adjacent to an activating group) is 1. The standard InChI is InChI=1S/C23H35N3O4S/c1-9-15-11-10-12-16(13-15)18(19(27)25-22(2,3)4)26(8)20(28)17(14-31)24-21(29)30-23(5,6)7/h9-13,17-18,31H,1,14H2,2-8H3,(H,24,29)(H,25,27). The maximum Gasteiger partial charge on any atom is 0.408 e. The molecule has 0 saturated heterocycles. The van der Waals surface area contributed by atoms with Crippen LogP contribution in [0.5, 0.6) is 0 Å². The van der Waals surface area contributed by atoms with Crippen LogP contribution in [0.15, 0.2) is 30.8 Å². The van der Waals surface area contributed by atoms with E-state index in [4.69, 9.17) is 4.74 Å². The van der Waals surface area contributed by atoms with E-state index in [1.54, 1.807) is 45.0 Å². The molecule has 0 radical (unpaired) electrons. The maximum absolute atomic E-state index is 13.2. The minimum absolute atomic E-state index is 0.0444. The fourth-order valence-electron chi connectivity index (χ4n) is 2.85. The van der Waals surface area contributed by atoms with E-state index in [1.807, 2.05) is 26.8 Å². The summed E-state index contributed by atoms with van der Waals surface area (Å²) in [7, 11) is 1.53. The smallest absolute Gasteiger partial charge is 0.408 e. The SMILES string of the molecule is C=Cc1cccc(C(C(=O)NC(C)(C)C)N(C)C(=O)C(CS)NC(=O)OC(C)(C)C)c1. The lowest BCUT2D eigenvalue weighted by Gasteiger charge is -2.33. The number of hydrogen-bond donors (Lipinski definition) is 3. The molecule has 3 amide bonds. The Morgan fingerprint density at radius 3 is 2.29 bits per heavy atom. The first-order valence-electron chi connectivity index (χ1n) is 10.1. The molecular weight excluding hydrogens is 414 g/mol. The Bertz CT molecular complexity index is 812. The first kappa shape index (κ1) is 26.6. The van der Waals surface area contributed by atoms with Gasteiger partial charge in [-0.3, -0.25) is 9.59 Å². The van der Waals surface area contributed by atoms with E-state index >= 15 is 0 Å². The van der Waals surface area contributed by atoms with Gasteiger partial charge in [-0.25, -0.2) is 4.79 Å². The molecule has 0 aliphatic heterocycles. The van der Waals surface area contributed by atoms with Crippen LogP contribution in [0.1, 0.15) is 58.7 Å². The molecule has 172 valence electrons. The van der Waals surface area contributed by atoms with Gasteiger partial charge < -0.3 is 20.3 Å². The summed E-state index contributed by atoms with van der Waals surface area (Å²) in [5.74, 6) is -0.749. The van der Waals surface area contributed by atoms with Gasteiger partial charge in [0.1, 0.15) is 17.7 Å². The van der Waals surface area contributed by atoms with Crippen molar-refractivity contribution in [3.63, 3.8) is 0 Å². The third kappa shape index (κ3) is 8.65. The van der Waals surface area contributed by atoms with Crippen molar-refractivity contribution in [1.82, 2.24) is 15.5 Å². The molecule has 0 spiro atoms. The van der Waals surface area contributed by atoms with Gasteiger partial charge in [0.15, 0.2) is 0 Å².